The summed E-state index contributed by atoms with van der Waals surface area (Å²) in [6, 6.07) is 7.08. The monoisotopic (exact) mass is 325 g/mol. The minimum absolute atomic E-state index is 0.0923. The van der Waals surface area contributed by atoms with E-state index < -0.39 is 11.9 Å². The fourth-order valence-corrected chi connectivity index (χ4v) is 2.83. The van der Waals surface area contributed by atoms with Gasteiger partial charge in [0.25, 0.3) is 0 Å². The second kappa shape index (κ2) is 7.49. The molecular formula is C16H20ClNO4. The molecule has 6 heteroatoms. The maximum atomic E-state index is 12.0. The SMILES string of the molecule is CC(CNC(=O)[C@@H]1CC[C@H](C(=O)O)C1)Oc1cccc(Cl)c1. The first-order chi connectivity index (χ1) is 10.5. The highest BCUT2D eigenvalue weighted by Crippen LogP contribution is 2.31. The molecule has 22 heavy (non-hydrogen) atoms. The van der Waals surface area contributed by atoms with E-state index in [-0.39, 0.29) is 17.9 Å². The Hall–Kier alpha value is -1.75. The zero-order valence-corrected chi connectivity index (χ0v) is 13.2. The highest BCUT2D eigenvalue weighted by Gasteiger charge is 2.33. The third-order valence-electron chi connectivity index (χ3n) is 3.85. The van der Waals surface area contributed by atoms with E-state index in [1.165, 1.54) is 0 Å². The van der Waals surface area contributed by atoms with Crippen molar-refractivity contribution in [3.63, 3.8) is 0 Å². The number of amides is 1. The first-order valence-corrected chi connectivity index (χ1v) is 7.76. The van der Waals surface area contributed by atoms with Crippen molar-refractivity contribution in [3.8, 4) is 5.75 Å². The van der Waals surface area contributed by atoms with Crippen LogP contribution in [-0.4, -0.2) is 29.6 Å². The summed E-state index contributed by atoms with van der Waals surface area (Å²) in [5.74, 6) is -0.852. The van der Waals surface area contributed by atoms with E-state index in [2.05, 4.69) is 5.32 Å². The molecule has 5 nitrogen and oxygen atoms in total. The van der Waals surface area contributed by atoms with E-state index in [0.717, 1.165) is 0 Å². The number of carbonyl (C=O) groups excluding carboxylic acids is 1. The molecule has 0 aromatic heterocycles. The van der Waals surface area contributed by atoms with Crippen molar-refractivity contribution in [3.05, 3.63) is 29.3 Å². The van der Waals surface area contributed by atoms with Crippen LogP contribution >= 0.6 is 11.6 Å². The highest BCUT2D eigenvalue weighted by molar-refractivity contribution is 6.30. The zero-order valence-electron chi connectivity index (χ0n) is 12.4. The Morgan fingerprint density at radius 1 is 1.41 bits per heavy atom. The lowest BCUT2D eigenvalue weighted by Gasteiger charge is -2.17. The molecule has 3 atom stereocenters. The number of hydrogen-bond donors (Lipinski definition) is 2. The van der Waals surface area contributed by atoms with Crippen molar-refractivity contribution < 1.29 is 19.4 Å². The molecule has 0 spiro atoms. The first-order valence-electron chi connectivity index (χ1n) is 7.38. The highest BCUT2D eigenvalue weighted by atomic mass is 35.5. The number of rotatable bonds is 6. The molecule has 1 aromatic carbocycles. The molecule has 0 saturated heterocycles. The van der Waals surface area contributed by atoms with E-state index in [9.17, 15) is 9.59 Å². The van der Waals surface area contributed by atoms with Gasteiger partial charge in [0, 0.05) is 10.9 Å². The van der Waals surface area contributed by atoms with Gasteiger partial charge in [0.15, 0.2) is 0 Å². The Labute approximate surface area is 134 Å². The largest absolute Gasteiger partial charge is 0.489 e. The van der Waals surface area contributed by atoms with E-state index in [1.807, 2.05) is 6.92 Å². The van der Waals surface area contributed by atoms with Gasteiger partial charge in [0.1, 0.15) is 11.9 Å². The number of nitrogens with one attached hydrogen (secondary N) is 1. The normalized spacial score (nSPS) is 22.1. The lowest BCUT2D eigenvalue weighted by atomic mass is 10.0. The standard InChI is InChI=1S/C16H20ClNO4/c1-10(22-14-4-2-3-13(17)8-14)9-18-15(19)11-5-6-12(7-11)16(20)21/h2-4,8,10-12H,5-7,9H2,1H3,(H,18,19)(H,20,21)/t10?,11-,12+/m1/s1. The van der Waals surface area contributed by atoms with Gasteiger partial charge in [0.2, 0.25) is 5.91 Å². The van der Waals surface area contributed by atoms with Gasteiger partial charge in [-0.05, 0) is 44.4 Å². The summed E-state index contributed by atoms with van der Waals surface area (Å²) in [6.07, 6.45) is 1.43. The smallest absolute Gasteiger partial charge is 0.306 e. The lowest BCUT2D eigenvalue weighted by molar-refractivity contribution is -0.141. The van der Waals surface area contributed by atoms with E-state index >= 15 is 0 Å². The van der Waals surface area contributed by atoms with Crippen LogP contribution < -0.4 is 10.1 Å². The van der Waals surface area contributed by atoms with Gasteiger partial charge in [-0.2, -0.15) is 0 Å². The van der Waals surface area contributed by atoms with Gasteiger partial charge in [-0.3, -0.25) is 9.59 Å². The number of carbonyl (C=O) groups is 2. The van der Waals surface area contributed by atoms with Gasteiger partial charge in [-0.1, -0.05) is 17.7 Å². The van der Waals surface area contributed by atoms with Crippen LogP contribution in [-0.2, 0) is 9.59 Å². The van der Waals surface area contributed by atoms with Gasteiger partial charge in [-0.25, -0.2) is 0 Å². The molecule has 1 amide bonds. The van der Waals surface area contributed by atoms with E-state index in [0.29, 0.717) is 36.6 Å². The average Bonchev–Trinajstić information content (AvgIpc) is 2.95. The van der Waals surface area contributed by atoms with Crippen molar-refractivity contribution in [1.82, 2.24) is 5.32 Å². The van der Waals surface area contributed by atoms with Crippen LogP contribution in [0.3, 0.4) is 0 Å². The Balaban J connectivity index is 1.75. The Morgan fingerprint density at radius 2 is 2.14 bits per heavy atom. The molecule has 1 aliphatic carbocycles. The number of hydrogen-bond acceptors (Lipinski definition) is 3. The maximum absolute atomic E-state index is 12.0. The second-order valence-corrected chi connectivity index (χ2v) is 6.11. The van der Waals surface area contributed by atoms with E-state index in [4.69, 9.17) is 21.4 Å². The summed E-state index contributed by atoms with van der Waals surface area (Å²) in [6.45, 7) is 2.23. The number of halogens is 1. The zero-order chi connectivity index (χ0) is 16.1. The summed E-state index contributed by atoms with van der Waals surface area (Å²) >= 11 is 5.88. The van der Waals surface area contributed by atoms with Crippen LogP contribution in [0.25, 0.3) is 0 Å². The molecule has 1 fully saturated rings. The molecule has 1 aliphatic rings. The molecule has 1 aromatic rings. The number of benzene rings is 1. The van der Waals surface area contributed by atoms with E-state index in [1.54, 1.807) is 24.3 Å². The molecule has 1 unspecified atom stereocenters. The Morgan fingerprint density at radius 3 is 2.77 bits per heavy atom. The molecular weight excluding hydrogens is 306 g/mol. The average molecular weight is 326 g/mol. The summed E-state index contributed by atoms with van der Waals surface area (Å²) in [5, 5.41) is 12.4. The molecule has 2 N–H and O–H groups in total. The van der Waals surface area contributed by atoms with Crippen molar-refractivity contribution in [2.24, 2.45) is 11.8 Å². The van der Waals surface area contributed by atoms with Crippen molar-refractivity contribution >= 4 is 23.5 Å². The van der Waals surface area contributed by atoms with Crippen LogP contribution in [0.4, 0.5) is 0 Å². The van der Waals surface area contributed by atoms with Crippen LogP contribution in [0.2, 0.25) is 5.02 Å². The van der Waals surface area contributed by atoms with Gasteiger partial charge in [0.05, 0.1) is 12.5 Å². The van der Waals surface area contributed by atoms with Crippen molar-refractivity contribution in [2.45, 2.75) is 32.3 Å². The van der Waals surface area contributed by atoms with Gasteiger partial charge in [-0.15, -0.1) is 0 Å². The summed E-state index contributed by atoms with van der Waals surface area (Å²) < 4.78 is 5.67. The van der Waals surface area contributed by atoms with Crippen molar-refractivity contribution in [2.75, 3.05) is 6.54 Å². The summed E-state index contributed by atoms with van der Waals surface area (Å²) in [7, 11) is 0. The number of aliphatic carboxylic acids is 1. The van der Waals surface area contributed by atoms with Gasteiger partial charge >= 0.3 is 5.97 Å². The fourth-order valence-electron chi connectivity index (χ4n) is 2.65. The molecule has 0 aliphatic heterocycles. The van der Waals surface area contributed by atoms with Crippen LogP contribution in [0.1, 0.15) is 26.2 Å². The second-order valence-electron chi connectivity index (χ2n) is 5.68. The molecule has 0 radical (unpaired) electrons. The Bertz CT molecular complexity index is 549. The third kappa shape index (κ3) is 4.63. The topological polar surface area (TPSA) is 75.6 Å². The molecule has 0 bridgehead atoms. The fraction of sp³-hybridized carbons (Fsp3) is 0.500. The number of ether oxygens (including phenoxy) is 1. The molecule has 1 saturated carbocycles. The van der Waals surface area contributed by atoms with Gasteiger partial charge < -0.3 is 15.2 Å². The molecule has 120 valence electrons. The summed E-state index contributed by atoms with van der Waals surface area (Å²) in [5.41, 5.74) is 0. The number of carboxylic acid groups (broad SMARTS) is 1. The molecule has 2 rings (SSSR count). The Kier molecular flexibility index (Phi) is 5.66. The first kappa shape index (κ1) is 16.6. The predicted molar refractivity (Wildman–Crippen MR) is 83.0 cm³/mol. The van der Waals surface area contributed by atoms with Crippen LogP contribution in [0.5, 0.6) is 5.75 Å². The quantitative estimate of drug-likeness (QED) is 0.843. The van der Waals surface area contributed by atoms with Crippen molar-refractivity contribution in [1.29, 1.82) is 0 Å². The minimum Gasteiger partial charge on any atom is -0.489 e. The maximum Gasteiger partial charge on any atom is 0.306 e. The van der Waals surface area contributed by atoms with Crippen LogP contribution in [0.15, 0.2) is 24.3 Å². The van der Waals surface area contributed by atoms with Crippen LogP contribution in [0, 0.1) is 11.8 Å². The minimum atomic E-state index is -0.812. The third-order valence-corrected chi connectivity index (χ3v) is 4.08. The lowest BCUT2D eigenvalue weighted by Crippen LogP contribution is -2.36. The molecule has 0 heterocycles. The predicted octanol–water partition coefficient (Wildman–Crippen LogP) is 2.72. The summed E-state index contributed by atoms with van der Waals surface area (Å²) in [4.78, 5) is 22.9. The number of carboxylic acids is 1.